The molecule has 0 atom stereocenters. The average molecular weight is 260 g/mol. The van der Waals surface area contributed by atoms with Crippen LogP contribution in [-0.4, -0.2) is 23.6 Å². The van der Waals surface area contributed by atoms with Gasteiger partial charge in [-0.05, 0) is 19.4 Å². The van der Waals surface area contributed by atoms with E-state index in [1.807, 2.05) is 26.2 Å². The summed E-state index contributed by atoms with van der Waals surface area (Å²) in [5.74, 6) is 1.62. The zero-order valence-electron chi connectivity index (χ0n) is 11.7. The summed E-state index contributed by atoms with van der Waals surface area (Å²) in [4.78, 5) is 10.9. The van der Waals surface area contributed by atoms with Crippen molar-refractivity contribution in [2.24, 2.45) is 0 Å². The van der Waals surface area contributed by atoms with E-state index in [-0.39, 0.29) is 0 Å². The molecule has 0 radical (unpaired) electrons. The van der Waals surface area contributed by atoms with Crippen molar-refractivity contribution in [3.8, 4) is 0 Å². The predicted octanol–water partition coefficient (Wildman–Crippen LogP) is 2.84. The number of rotatable bonds is 6. The van der Waals surface area contributed by atoms with Gasteiger partial charge < -0.3 is 14.6 Å². The minimum atomic E-state index is 0.682. The lowest BCUT2D eigenvalue weighted by atomic mass is 10.3. The lowest BCUT2D eigenvalue weighted by Crippen LogP contribution is -2.19. The van der Waals surface area contributed by atoms with Crippen molar-refractivity contribution in [3.05, 3.63) is 35.9 Å². The Bertz CT molecular complexity index is 510. The number of aromatic nitrogens is 2. The topological polar surface area (TPSA) is 54.2 Å². The van der Waals surface area contributed by atoms with Crippen molar-refractivity contribution >= 4 is 11.8 Å². The molecular formula is C14H20N4O. The Hall–Kier alpha value is -2.04. The van der Waals surface area contributed by atoms with Crippen molar-refractivity contribution in [1.29, 1.82) is 0 Å². The van der Waals surface area contributed by atoms with E-state index in [0.717, 1.165) is 36.5 Å². The quantitative estimate of drug-likeness (QED) is 0.865. The minimum Gasteiger partial charge on any atom is -0.472 e. The van der Waals surface area contributed by atoms with Gasteiger partial charge in [0.05, 0.1) is 12.5 Å². The monoisotopic (exact) mass is 260 g/mol. The Morgan fingerprint density at radius 1 is 1.42 bits per heavy atom. The van der Waals surface area contributed by atoms with E-state index in [9.17, 15) is 0 Å². The highest BCUT2D eigenvalue weighted by Crippen LogP contribution is 2.18. The van der Waals surface area contributed by atoms with Crippen molar-refractivity contribution in [1.82, 2.24) is 9.97 Å². The second kappa shape index (κ2) is 6.22. The van der Waals surface area contributed by atoms with E-state index >= 15 is 0 Å². The number of hydrogen-bond donors (Lipinski definition) is 1. The summed E-state index contributed by atoms with van der Waals surface area (Å²) >= 11 is 0. The maximum Gasteiger partial charge on any atom is 0.224 e. The number of hydrogen-bond acceptors (Lipinski definition) is 5. The fraction of sp³-hybridized carbons (Fsp3) is 0.429. The molecule has 0 bridgehead atoms. The van der Waals surface area contributed by atoms with Crippen LogP contribution in [0.25, 0.3) is 0 Å². The fourth-order valence-electron chi connectivity index (χ4n) is 1.87. The first kappa shape index (κ1) is 13.4. The smallest absolute Gasteiger partial charge is 0.224 e. The standard InChI is InChI=1S/C14H20N4O/c1-4-6-15-14-16-8-11(2)13(17-14)18(3)9-12-5-7-19-10-12/h5,7-8,10H,4,6,9H2,1-3H3,(H,15,16,17). The first-order valence-electron chi connectivity index (χ1n) is 6.50. The first-order chi connectivity index (χ1) is 9.20. The summed E-state index contributed by atoms with van der Waals surface area (Å²) in [6, 6.07) is 1.96. The molecule has 5 nitrogen and oxygen atoms in total. The molecule has 0 amide bonds. The summed E-state index contributed by atoms with van der Waals surface area (Å²) in [6.45, 7) is 5.79. The second-order valence-electron chi connectivity index (χ2n) is 4.61. The summed E-state index contributed by atoms with van der Waals surface area (Å²) < 4.78 is 5.09. The maximum atomic E-state index is 5.09. The molecule has 0 spiro atoms. The van der Waals surface area contributed by atoms with Crippen LogP contribution in [0.3, 0.4) is 0 Å². The van der Waals surface area contributed by atoms with Crippen LogP contribution in [0, 0.1) is 6.92 Å². The summed E-state index contributed by atoms with van der Waals surface area (Å²) in [6.07, 6.45) is 6.34. The van der Waals surface area contributed by atoms with Gasteiger partial charge in [0.15, 0.2) is 0 Å². The molecule has 0 aliphatic rings. The van der Waals surface area contributed by atoms with Gasteiger partial charge in [-0.3, -0.25) is 0 Å². The number of furan rings is 1. The first-order valence-corrected chi connectivity index (χ1v) is 6.50. The molecule has 0 saturated heterocycles. The third-order valence-electron chi connectivity index (χ3n) is 2.84. The summed E-state index contributed by atoms with van der Waals surface area (Å²) in [5.41, 5.74) is 2.19. The van der Waals surface area contributed by atoms with Crippen LogP contribution in [-0.2, 0) is 6.54 Å². The fourth-order valence-corrected chi connectivity index (χ4v) is 1.87. The van der Waals surface area contributed by atoms with Crippen LogP contribution < -0.4 is 10.2 Å². The van der Waals surface area contributed by atoms with Crippen molar-refractivity contribution in [3.63, 3.8) is 0 Å². The van der Waals surface area contributed by atoms with Crippen LogP contribution in [0.2, 0.25) is 0 Å². The van der Waals surface area contributed by atoms with Gasteiger partial charge in [-0.2, -0.15) is 4.98 Å². The van der Waals surface area contributed by atoms with Crippen LogP contribution in [0.15, 0.2) is 29.2 Å². The van der Waals surface area contributed by atoms with E-state index in [2.05, 4.69) is 27.1 Å². The molecule has 0 unspecified atom stereocenters. The van der Waals surface area contributed by atoms with Gasteiger partial charge in [0.2, 0.25) is 5.95 Å². The van der Waals surface area contributed by atoms with E-state index in [1.54, 1.807) is 12.5 Å². The molecule has 0 aromatic carbocycles. The number of anilines is 2. The molecule has 0 fully saturated rings. The largest absolute Gasteiger partial charge is 0.472 e. The highest BCUT2D eigenvalue weighted by atomic mass is 16.3. The molecule has 2 heterocycles. The van der Waals surface area contributed by atoms with Crippen LogP contribution in [0.4, 0.5) is 11.8 Å². The number of nitrogens with one attached hydrogen (secondary N) is 1. The maximum absolute atomic E-state index is 5.09. The molecule has 0 aliphatic carbocycles. The molecule has 19 heavy (non-hydrogen) atoms. The van der Waals surface area contributed by atoms with Gasteiger partial charge in [0.25, 0.3) is 0 Å². The van der Waals surface area contributed by atoms with E-state index in [0.29, 0.717) is 5.95 Å². The molecule has 1 N–H and O–H groups in total. The van der Waals surface area contributed by atoms with Crippen molar-refractivity contribution in [2.75, 3.05) is 23.8 Å². The average Bonchev–Trinajstić information content (AvgIpc) is 2.90. The van der Waals surface area contributed by atoms with Crippen LogP contribution in [0.5, 0.6) is 0 Å². The van der Waals surface area contributed by atoms with Gasteiger partial charge in [-0.25, -0.2) is 4.98 Å². The van der Waals surface area contributed by atoms with Gasteiger partial charge >= 0.3 is 0 Å². The molecule has 5 heteroatoms. The van der Waals surface area contributed by atoms with Gasteiger partial charge in [-0.1, -0.05) is 6.92 Å². The Morgan fingerprint density at radius 3 is 2.95 bits per heavy atom. The normalized spacial score (nSPS) is 10.5. The highest BCUT2D eigenvalue weighted by molar-refractivity contribution is 5.48. The zero-order valence-corrected chi connectivity index (χ0v) is 11.7. The molecule has 2 aromatic heterocycles. The lowest BCUT2D eigenvalue weighted by molar-refractivity contribution is 0.563. The Labute approximate surface area is 113 Å². The molecule has 2 rings (SSSR count). The van der Waals surface area contributed by atoms with Gasteiger partial charge in [0.1, 0.15) is 5.82 Å². The van der Waals surface area contributed by atoms with E-state index in [4.69, 9.17) is 4.42 Å². The summed E-state index contributed by atoms with van der Waals surface area (Å²) in [7, 11) is 2.02. The molecular weight excluding hydrogens is 240 g/mol. The molecule has 2 aromatic rings. The lowest BCUT2D eigenvalue weighted by Gasteiger charge is -2.19. The molecule has 0 aliphatic heterocycles. The number of aryl methyl sites for hydroxylation is 1. The third kappa shape index (κ3) is 3.47. The van der Waals surface area contributed by atoms with Crippen molar-refractivity contribution in [2.45, 2.75) is 26.8 Å². The highest BCUT2D eigenvalue weighted by Gasteiger charge is 2.09. The van der Waals surface area contributed by atoms with Gasteiger partial charge in [0, 0.05) is 37.5 Å². The predicted molar refractivity (Wildman–Crippen MR) is 76.4 cm³/mol. The summed E-state index contributed by atoms with van der Waals surface area (Å²) in [5, 5.41) is 3.21. The Morgan fingerprint density at radius 2 is 2.26 bits per heavy atom. The van der Waals surface area contributed by atoms with Crippen LogP contribution in [0.1, 0.15) is 24.5 Å². The van der Waals surface area contributed by atoms with Crippen molar-refractivity contribution < 1.29 is 4.42 Å². The van der Waals surface area contributed by atoms with Crippen LogP contribution >= 0.6 is 0 Å². The Balaban J connectivity index is 2.13. The van der Waals surface area contributed by atoms with E-state index < -0.39 is 0 Å². The van der Waals surface area contributed by atoms with Gasteiger partial charge in [-0.15, -0.1) is 0 Å². The SMILES string of the molecule is CCCNc1ncc(C)c(N(C)Cc2ccoc2)n1. The zero-order chi connectivity index (χ0) is 13.7. The number of nitrogens with zero attached hydrogens (tertiary/aromatic N) is 3. The van der Waals surface area contributed by atoms with E-state index in [1.165, 1.54) is 0 Å². The Kier molecular flexibility index (Phi) is 4.39. The third-order valence-corrected chi connectivity index (χ3v) is 2.84. The molecule has 0 saturated carbocycles. The minimum absolute atomic E-state index is 0.682. The second-order valence-corrected chi connectivity index (χ2v) is 4.61. The molecule has 102 valence electrons.